The maximum absolute atomic E-state index is 4.61. The van der Waals surface area contributed by atoms with Gasteiger partial charge in [0, 0.05) is 15.4 Å². The van der Waals surface area contributed by atoms with E-state index in [-0.39, 0.29) is 0 Å². The molecule has 0 bridgehead atoms. The van der Waals surface area contributed by atoms with Gasteiger partial charge < -0.3 is 0 Å². The van der Waals surface area contributed by atoms with Gasteiger partial charge in [-0.2, -0.15) is 0 Å². The van der Waals surface area contributed by atoms with Crippen LogP contribution in [-0.4, -0.2) is 4.98 Å². The highest BCUT2D eigenvalue weighted by atomic mass is 79.9. The number of hydrogen-bond donors (Lipinski definition) is 0. The summed E-state index contributed by atoms with van der Waals surface area (Å²) in [5.41, 5.74) is 2.27. The van der Waals surface area contributed by atoms with Gasteiger partial charge in [-0.1, -0.05) is 35.0 Å². The number of halogens is 1. The van der Waals surface area contributed by atoms with Gasteiger partial charge in [-0.25, -0.2) is 4.98 Å². The molecule has 15 heavy (non-hydrogen) atoms. The molecule has 0 aliphatic rings. The number of aryl methyl sites for hydroxylation is 1. The van der Waals surface area contributed by atoms with E-state index >= 15 is 0 Å². The lowest BCUT2D eigenvalue weighted by Crippen LogP contribution is -1.82. The first-order valence-corrected chi connectivity index (χ1v) is 6.67. The summed E-state index contributed by atoms with van der Waals surface area (Å²) < 4.78 is 1.10. The van der Waals surface area contributed by atoms with Gasteiger partial charge in [0.25, 0.3) is 0 Å². The summed E-state index contributed by atoms with van der Waals surface area (Å²) in [6, 6.07) is 8.27. The Bertz CT molecular complexity index is 450. The molecule has 0 spiro atoms. The topological polar surface area (TPSA) is 12.9 Å². The molecule has 0 fully saturated rings. The maximum Gasteiger partial charge on any atom is 0.0932 e. The molecule has 0 saturated heterocycles. The van der Waals surface area contributed by atoms with E-state index in [4.69, 9.17) is 0 Å². The quantitative estimate of drug-likeness (QED) is 0.806. The molecular formula is C12H12BrNS. The molecule has 1 aromatic heterocycles. The van der Waals surface area contributed by atoms with Crippen LogP contribution in [0.4, 0.5) is 0 Å². The van der Waals surface area contributed by atoms with Gasteiger partial charge in [-0.05, 0) is 25.0 Å². The number of rotatable bonds is 3. The first kappa shape index (κ1) is 10.8. The van der Waals surface area contributed by atoms with E-state index < -0.39 is 0 Å². The number of hydrogen-bond acceptors (Lipinski definition) is 2. The largest absolute Gasteiger partial charge is 0.241 e. The van der Waals surface area contributed by atoms with Crippen molar-refractivity contribution in [1.82, 2.24) is 4.98 Å². The normalized spacial score (nSPS) is 10.5. The highest BCUT2D eigenvalue weighted by Gasteiger charge is 2.03. The molecule has 0 radical (unpaired) electrons. The van der Waals surface area contributed by atoms with Crippen LogP contribution >= 0.6 is 27.3 Å². The number of aromatic nitrogens is 1. The minimum atomic E-state index is 1.08. The fourth-order valence-electron chi connectivity index (χ4n) is 1.42. The van der Waals surface area contributed by atoms with Gasteiger partial charge >= 0.3 is 0 Å². The van der Waals surface area contributed by atoms with Crippen molar-refractivity contribution in [3.8, 4) is 11.3 Å². The molecule has 0 amide bonds. The van der Waals surface area contributed by atoms with Crippen molar-refractivity contribution in [3.05, 3.63) is 39.1 Å². The van der Waals surface area contributed by atoms with E-state index in [0.717, 1.165) is 23.0 Å². The summed E-state index contributed by atoms with van der Waals surface area (Å²) in [6.45, 7) is 2.18. The number of thiazole rings is 1. The Morgan fingerprint density at radius 3 is 3.00 bits per heavy atom. The van der Waals surface area contributed by atoms with Gasteiger partial charge in [-0.15, -0.1) is 11.3 Å². The van der Waals surface area contributed by atoms with Crippen LogP contribution in [0.5, 0.6) is 0 Å². The molecule has 1 nitrogen and oxygen atoms in total. The van der Waals surface area contributed by atoms with Crippen molar-refractivity contribution in [1.29, 1.82) is 0 Å². The van der Waals surface area contributed by atoms with Crippen LogP contribution in [-0.2, 0) is 6.42 Å². The Morgan fingerprint density at radius 1 is 1.40 bits per heavy atom. The van der Waals surface area contributed by atoms with E-state index in [1.54, 1.807) is 11.3 Å². The minimum Gasteiger partial charge on any atom is -0.241 e. The molecule has 0 N–H and O–H groups in total. The summed E-state index contributed by atoms with van der Waals surface area (Å²) in [7, 11) is 0. The van der Waals surface area contributed by atoms with Gasteiger partial charge in [0.05, 0.1) is 10.7 Å². The molecule has 3 heteroatoms. The zero-order valence-electron chi connectivity index (χ0n) is 8.53. The molecule has 0 aliphatic carbocycles. The third kappa shape index (κ3) is 2.67. The summed E-state index contributed by atoms with van der Waals surface area (Å²) in [5.74, 6) is 0. The molecule has 0 unspecified atom stereocenters. The minimum absolute atomic E-state index is 1.08. The second-order valence-electron chi connectivity index (χ2n) is 3.39. The molecule has 2 rings (SSSR count). The molecule has 78 valence electrons. The highest BCUT2D eigenvalue weighted by molar-refractivity contribution is 9.10. The van der Waals surface area contributed by atoms with Crippen LogP contribution in [0.15, 0.2) is 34.1 Å². The summed E-state index contributed by atoms with van der Waals surface area (Å²) >= 11 is 5.22. The van der Waals surface area contributed by atoms with Crippen molar-refractivity contribution in [2.24, 2.45) is 0 Å². The van der Waals surface area contributed by atoms with E-state index in [0.29, 0.717) is 0 Å². The van der Waals surface area contributed by atoms with E-state index in [1.165, 1.54) is 10.6 Å². The Labute approximate surface area is 102 Å². The van der Waals surface area contributed by atoms with E-state index in [2.05, 4.69) is 45.4 Å². The van der Waals surface area contributed by atoms with Crippen LogP contribution in [0.25, 0.3) is 11.3 Å². The maximum atomic E-state index is 4.61. The van der Waals surface area contributed by atoms with Gasteiger partial charge in [0.2, 0.25) is 0 Å². The zero-order chi connectivity index (χ0) is 10.7. The number of benzene rings is 1. The molecule has 1 heterocycles. The second kappa shape index (κ2) is 4.90. The summed E-state index contributed by atoms with van der Waals surface area (Å²) in [6.07, 6.45) is 2.24. The van der Waals surface area contributed by atoms with Crippen molar-refractivity contribution >= 4 is 27.3 Å². The first-order valence-electron chi connectivity index (χ1n) is 5.00. The Balaban J connectivity index is 2.29. The Morgan fingerprint density at radius 2 is 2.27 bits per heavy atom. The third-order valence-corrected chi connectivity index (χ3v) is 3.54. The monoisotopic (exact) mass is 281 g/mol. The first-order chi connectivity index (χ1) is 7.29. The van der Waals surface area contributed by atoms with Crippen LogP contribution in [0, 0.1) is 0 Å². The standard InChI is InChI=1S/C12H12BrNS/c1-2-4-12-14-11(8-15-12)9-5-3-6-10(13)7-9/h3,5-8H,2,4H2,1H3. The lowest BCUT2D eigenvalue weighted by atomic mass is 10.2. The summed E-state index contributed by atoms with van der Waals surface area (Å²) in [5, 5.41) is 3.36. The van der Waals surface area contributed by atoms with Crippen LogP contribution in [0.3, 0.4) is 0 Å². The Kier molecular flexibility index (Phi) is 3.54. The lowest BCUT2D eigenvalue weighted by molar-refractivity contribution is 0.910. The van der Waals surface area contributed by atoms with Crippen LogP contribution in [0.1, 0.15) is 18.4 Å². The van der Waals surface area contributed by atoms with Crippen molar-refractivity contribution in [3.63, 3.8) is 0 Å². The average molecular weight is 282 g/mol. The predicted molar refractivity (Wildman–Crippen MR) is 69.2 cm³/mol. The number of nitrogens with zero attached hydrogens (tertiary/aromatic N) is 1. The van der Waals surface area contributed by atoms with Crippen molar-refractivity contribution < 1.29 is 0 Å². The SMILES string of the molecule is CCCc1nc(-c2cccc(Br)c2)cs1. The van der Waals surface area contributed by atoms with Crippen LogP contribution in [0.2, 0.25) is 0 Å². The fourth-order valence-corrected chi connectivity index (χ4v) is 2.73. The van der Waals surface area contributed by atoms with E-state index in [1.807, 2.05) is 12.1 Å². The third-order valence-electron chi connectivity index (χ3n) is 2.14. The van der Waals surface area contributed by atoms with E-state index in [9.17, 15) is 0 Å². The van der Waals surface area contributed by atoms with Crippen molar-refractivity contribution in [2.45, 2.75) is 19.8 Å². The van der Waals surface area contributed by atoms with Gasteiger partial charge in [0.1, 0.15) is 0 Å². The smallest absolute Gasteiger partial charge is 0.0932 e. The Hall–Kier alpha value is -0.670. The molecule has 0 aliphatic heterocycles. The predicted octanol–water partition coefficient (Wildman–Crippen LogP) is 4.53. The van der Waals surface area contributed by atoms with Crippen molar-refractivity contribution in [2.75, 3.05) is 0 Å². The molecular weight excluding hydrogens is 270 g/mol. The molecule has 0 atom stereocenters. The highest BCUT2D eigenvalue weighted by Crippen LogP contribution is 2.24. The van der Waals surface area contributed by atoms with Gasteiger partial charge in [0.15, 0.2) is 0 Å². The molecule has 0 saturated carbocycles. The second-order valence-corrected chi connectivity index (χ2v) is 5.25. The summed E-state index contributed by atoms with van der Waals surface area (Å²) in [4.78, 5) is 4.61. The lowest BCUT2D eigenvalue weighted by Gasteiger charge is -1.96. The van der Waals surface area contributed by atoms with Gasteiger partial charge in [-0.3, -0.25) is 0 Å². The molecule has 2 aromatic rings. The van der Waals surface area contributed by atoms with Crippen LogP contribution < -0.4 is 0 Å². The molecule has 1 aromatic carbocycles. The zero-order valence-corrected chi connectivity index (χ0v) is 10.9. The fraction of sp³-hybridized carbons (Fsp3) is 0.250. The average Bonchev–Trinajstić information content (AvgIpc) is 2.67.